The third-order valence-corrected chi connectivity index (χ3v) is 6.46. The fraction of sp³-hybridized carbons (Fsp3) is 0.467. The molecule has 4 nitrogen and oxygen atoms in total. The molecule has 4 heterocycles. The lowest BCUT2D eigenvalue weighted by Crippen LogP contribution is -2.57. The molecule has 1 amide bonds. The fourth-order valence-electron chi connectivity index (χ4n) is 3.46. The Morgan fingerprint density at radius 3 is 2.90 bits per heavy atom. The highest BCUT2D eigenvalue weighted by Gasteiger charge is 2.35. The van der Waals surface area contributed by atoms with E-state index in [1.807, 2.05) is 18.2 Å². The first-order valence-corrected chi connectivity index (χ1v) is 8.86. The molecule has 0 spiro atoms. The van der Waals surface area contributed by atoms with E-state index in [9.17, 15) is 4.79 Å². The van der Waals surface area contributed by atoms with Crippen molar-refractivity contribution in [1.29, 1.82) is 0 Å². The van der Waals surface area contributed by atoms with Crippen molar-refractivity contribution in [3.05, 3.63) is 28.4 Å². The minimum atomic E-state index is -0.0295. The van der Waals surface area contributed by atoms with Gasteiger partial charge in [0.2, 0.25) is 0 Å². The summed E-state index contributed by atoms with van der Waals surface area (Å²) >= 11 is 4.89. The largest absolute Gasteiger partial charge is 0.346 e. The number of amides is 1. The monoisotopic (exact) mass is 365 g/mol. The maximum Gasteiger partial charge on any atom is 0.271 e. The number of nitrogens with zero attached hydrogens (tertiary/aromatic N) is 2. The van der Waals surface area contributed by atoms with Gasteiger partial charge >= 0.3 is 0 Å². The summed E-state index contributed by atoms with van der Waals surface area (Å²) in [6.45, 7) is 3.36. The van der Waals surface area contributed by atoms with Crippen LogP contribution in [0.5, 0.6) is 0 Å². The topological polar surface area (TPSA) is 45.2 Å². The average molecular weight is 366 g/mol. The fourth-order valence-corrected chi connectivity index (χ4v) is 4.82. The quantitative estimate of drug-likeness (QED) is 0.889. The standard InChI is InChI=1S/C15H16BrN3OS/c16-11-3-1-2-10-13(18-21-14(10)11)15(20)17-12-8-19-6-4-9(12)5-7-19/h1-3,9,12H,4-8H2,(H,17,20)/t12-/m0/s1. The van der Waals surface area contributed by atoms with Gasteiger partial charge in [-0.05, 0) is 65.4 Å². The molecule has 21 heavy (non-hydrogen) atoms. The zero-order valence-electron chi connectivity index (χ0n) is 11.5. The van der Waals surface area contributed by atoms with Gasteiger partial charge in [-0.1, -0.05) is 12.1 Å². The second-order valence-corrected chi connectivity index (χ2v) is 7.49. The Morgan fingerprint density at radius 1 is 1.38 bits per heavy atom. The van der Waals surface area contributed by atoms with E-state index < -0.39 is 0 Å². The molecule has 2 aromatic rings. The third kappa shape index (κ3) is 2.39. The Balaban J connectivity index is 1.58. The second-order valence-electron chi connectivity index (χ2n) is 5.87. The summed E-state index contributed by atoms with van der Waals surface area (Å²) in [6.07, 6.45) is 2.41. The van der Waals surface area contributed by atoms with Crippen LogP contribution in [0.1, 0.15) is 23.3 Å². The van der Waals surface area contributed by atoms with E-state index in [1.165, 1.54) is 37.5 Å². The van der Waals surface area contributed by atoms with E-state index in [4.69, 9.17) is 0 Å². The van der Waals surface area contributed by atoms with Crippen LogP contribution in [0, 0.1) is 5.92 Å². The molecule has 3 saturated heterocycles. The van der Waals surface area contributed by atoms with Gasteiger partial charge in [-0.2, -0.15) is 4.37 Å². The summed E-state index contributed by atoms with van der Waals surface area (Å²) in [5, 5.41) is 4.15. The van der Waals surface area contributed by atoms with Gasteiger partial charge < -0.3 is 10.2 Å². The van der Waals surface area contributed by atoms with E-state index >= 15 is 0 Å². The Morgan fingerprint density at radius 2 is 2.19 bits per heavy atom. The van der Waals surface area contributed by atoms with Gasteiger partial charge in [0.15, 0.2) is 0 Å². The van der Waals surface area contributed by atoms with Crippen LogP contribution in [-0.4, -0.2) is 40.9 Å². The minimum Gasteiger partial charge on any atom is -0.346 e. The Labute approximate surface area is 135 Å². The lowest BCUT2D eigenvalue weighted by molar-refractivity contribution is 0.0619. The molecule has 5 rings (SSSR count). The number of carbonyl (C=O) groups is 1. The first kappa shape index (κ1) is 13.7. The summed E-state index contributed by atoms with van der Waals surface area (Å²) in [6, 6.07) is 6.18. The molecular formula is C15H16BrN3OS. The Bertz CT molecular complexity index is 693. The van der Waals surface area contributed by atoms with Crippen LogP contribution in [0.3, 0.4) is 0 Å². The van der Waals surface area contributed by atoms with Gasteiger partial charge in [-0.15, -0.1) is 0 Å². The highest BCUT2D eigenvalue weighted by atomic mass is 79.9. The molecular weight excluding hydrogens is 350 g/mol. The molecule has 0 saturated carbocycles. The molecule has 0 radical (unpaired) electrons. The van der Waals surface area contributed by atoms with Crippen LogP contribution in [0.15, 0.2) is 22.7 Å². The number of hydrogen-bond acceptors (Lipinski definition) is 4. The molecule has 3 fully saturated rings. The molecule has 0 aliphatic carbocycles. The van der Waals surface area contributed by atoms with Crippen molar-refractivity contribution in [2.75, 3.05) is 19.6 Å². The molecule has 3 aliphatic heterocycles. The van der Waals surface area contributed by atoms with Crippen LogP contribution >= 0.6 is 27.5 Å². The van der Waals surface area contributed by atoms with Crippen LogP contribution < -0.4 is 5.32 Å². The number of hydrogen-bond donors (Lipinski definition) is 1. The summed E-state index contributed by atoms with van der Waals surface area (Å²) < 4.78 is 6.41. The predicted molar refractivity (Wildman–Crippen MR) is 87.7 cm³/mol. The van der Waals surface area contributed by atoms with Crippen molar-refractivity contribution in [3.8, 4) is 0 Å². The van der Waals surface area contributed by atoms with E-state index in [0.29, 0.717) is 11.6 Å². The summed E-state index contributed by atoms with van der Waals surface area (Å²) in [7, 11) is 0. The number of halogens is 1. The normalized spacial score (nSPS) is 28.0. The van der Waals surface area contributed by atoms with Gasteiger partial charge in [0.05, 0.1) is 4.70 Å². The van der Waals surface area contributed by atoms with Gasteiger partial charge in [0.25, 0.3) is 5.91 Å². The molecule has 110 valence electrons. The van der Waals surface area contributed by atoms with E-state index in [0.717, 1.165) is 21.1 Å². The van der Waals surface area contributed by atoms with Crippen LogP contribution in [0.4, 0.5) is 0 Å². The molecule has 3 aliphatic rings. The van der Waals surface area contributed by atoms with Crippen LogP contribution in [-0.2, 0) is 0 Å². The molecule has 2 bridgehead atoms. The maximum absolute atomic E-state index is 12.6. The van der Waals surface area contributed by atoms with Gasteiger partial charge in [0.1, 0.15) is 5.69 Å². The molecule has 6 heteroatoms. The Hall–Kier alpha value is -0.980. The molecule has 1 aromatic heterocycles. The van der Waals surface area contributed by atoms with Crippen LogP contribution in [0.25, 0.3) is 10.1 Å². The number of aromatic nitrogens is 1. The highest BCUT2D eigenvalue weighted by molar-refractivity contribution is 9.10. The van der Waals surface area contributed by atoms with Crippen molar-refractivity contribution < 1.29 is 4.79 Å². The summed E-state index contributed by atoms with van der Waals surface area (Å²) in [5.74, 6) is 0.605. The zero-order chi connectivity index (χ0) is 14.4. The van der Waals surface area contributed by atoms with Crippen molar-refractivity contribution >= 4 is 43.5 Å². The first-order chi connectivity index (χ1) is 10.2. The number of rotatable bonds is 2. The average Bonchev–Trinajstić information content (AvgIpc) is 2.94. The number of carbonyl (C=O) groups excluding carboxylic acids is 1. The molecule has 1 aromatic carbocycles. The van der Waals surface area contributed by atoms with Crippen molar-refractivity contribution in [3.63, 3.8) is 0 Å². The number of nitrogens with one attached hydrogen (secondary N) is 1. The van der Waals surface area contributed by atoms with E-state index in [-0.39, 0.29) is 11.9 Å². The number of fused-ring (bicyclic) bond motifs is 4. The highest BCUT2D eigenvalue weighted by Crippen LogP contribution is 2.31. The lowest BCUT2D eigenvalue weighted by Gasteiger charge is -2.44. The van der Waals surface area contributed by atoms with E-state index in [1.54, 1.807) is 0 Å². The smallest absolute Gasteiger partial charge is 0.271 e. The van der Waals surface area contributed by atoms with Crippen molar-refractivity contribution in [2.24, 2.45) is 5.92 Å². The lowest BCUT2D eigenvalue weighted by atomic mass is 9.84. The minimum absolute atomic E-state index is 0.0295. The maximum atomic E-state index is 12.6. The first-order valence-electron chi connectivity index (χ1n) is 7.29. The van der Waals surface area contributed by atoms with Crippen molar-refractivity contribution in [1.82, 2.24) is 14.6 Å². The van der Waals surface area contributed by atoms with Gasteiger partial charge in [-0.25, -0.2) is 0 Å². The van der Waals surface area contributed by atoms with E-state index in [2.05, 4.69) is 30.5 Å². The van der Waals surface area contributed by atoms with Gasteiger partial charge in [-0.3, -0.25) is 4.79 Å². The molecule has 1 atom stereocenters. The Kier molecular flexibility index (Phi) is 3.47. The van der Waals surface area contributed by atoms with Crippen molar-refractivity contribution in [2.45, 2.75) is 18.9 Å². The third-order valence-electron chi connectivity index (χ3n) is 4.64. The molecule has 0 unspecified atom stereocenters. The summed E-state index contributed by atoms with van der Waals surface area (Å²) in [5.41, 5.74) is 0.563. The predicted octanol–water partition coefficient (Wildman–Crippen LogP) is 2.88. The van der Waals surface area contributed by atoms with Crippen LogP contribution in [0.2, 0.25) is 0 Å². The second kappa shape index (κ2) is 5.34. The summed E-state index contributed by atoms with van der Waals surface area (Å²) in [4.78, 5) is 15.0. The zero-order valence-corrected chi connectivity index (χ0v) is 13.9. The van der Waals surface area contributed by atoms with Gasteiger partial charge in [0, 0.05) is 22.4 Å². The SMILES string of the molecule is O=C(N[C@H]1CN2CCC1CC2)c1nsc2c(Br)cccc12. The number of benzene rings is 1. The number of piperidine rings is 3. The molecule has 1 N–H and O–H groups in total.